The number of amides is 1. The maximum absolute atomic E-state index is 12.8. The Bertz CT molecular complexity index is 673. The van der Waals surface area contributed by atoms with E-state index in [0.29, 0.717) is 6.04 Å². The Balaban J connectivity index is 1.56. The lowest BCUT2D eigenvalue weighted by molar-refractivity contribution is -0.138. The average Bonchev–Trinajstić information content (AvgIpc) is 2.93. The first-order valence-electron chi connectivity index (χ1n) is 10.6. The van der Waals surface area contributed by atoms with Crippen molar-refractivity contribution in [1.29, 1.82) is 0 Å². The Morgan fingerprint density at radius 3 is 2.61 bits per heavy atom. The molecule has 0 aromatic heterocycles. The van der Waals surface area contributed by atoms with Gasteiger partial charge < -0.3 is 10.0 Å². The van der Waals surface area contributed by atoms with Gasteiger partial charge in [0.15, 0.2) is 0 Å². The molecule has 1 unspecified atom stereocenters. The van der Waals surface area contributed by atoms with Crippen molar-refractivity contribution in [2.45, 2.75) is 51.1 Å². The van der Waals surface area contributed by atoms with Gasteiger partial charge >= 0.3 is 5.97 Å². The number of carboxylic acid groups (broad SMARTS) is 1. The smallest absolute Gasteiger partial charge is 0.317 e. The normalized spacial score (nSPS) is 21.5. The van der Waals surface area contributed by atoms with Crippen molar-refractivity contribution in [2.24, 2.45) is 0 Å². The fourth-order valence-electron chi connectivity index (χ4n) is 4.42. The summed E-state index contributed by atoms with van der Waals surface area (Å²) in [6, 6.07) is 8.41. The summed E-state index contributed by atoms with van der Waals surface area (Å²) >= 11 is 0. The molecule has 28 heavy (non-hydrogen) atoms. The predicted molar refractivity (Wildman–Crippen MR) is 109 cm³/mol. The summed E-state index contributed by atoms with van der Waals surface area (Å²) in [6.45, 7) is 4.67. The summed E-state index contributed by atoms with van der Waals surface area (Å²) < 4.78 is 0. The van der Waals surface area contributed by atoms with Crippen LogP contribution in [0.4, 0.5) is 0 Å². The second kappa shape index (κ2) is 10.0. The molecular weight excluding hydrogens is 354 g/mol. The SMILES string of the molecule is CN(CC(=O)O)C1CCCN(Cc2cccc(C(=O)N3CCCCC3)c2)CC1. The highest BCUT2D eigenvalue weighted by Crippen LogP contribution is 2.19. The molecule has 0 spiro atoms. The third-order valence-corrected chi connectivity index (χ3v) is 6.02. The molecule has 6 nitrogen and oxygen atoms in total. The molecule has 1 amide bonds. The van der Waals surface area contributed by atoms with E-state index in [1.807, 2.05) is 29.0 Å². The quantitative estimate of drug-likeness (QED) is 0.813. The molecule has 2 aliphatic rings. The number of likely N-dealkylation sites (N-methyl/N-ethyl adjacent to an activating group) is 1. The van der Waals surface area contributed by atoms with Gasteiger partial charge in [0, 0.05) is 31.2 Å². The van der Waals surface area contributed by atoms with Gasteiger partial charge in [0.05, 0.1) is 6.54 Å². The highest BCUT2D eigenvalue weighted by molar-refractivity contribution is 5.94. The fourth-order valence-corrected chi connectivity index (χ4v) is 4.42. The Hall–Kier alpha value is -1.92. The van der Waals surface area contributed by atoms with E-state index in [0.717, 1.165) is 70.4 Å². The Kier molecular flexibility index (Phi) is 7.45. The number of hydrogen-bond donors (Lipinski definition) is 1. The summed E-state index contributed by atoms with van der Waals surface area (Å²) in [6.07, 6.45) is 6.53. The number of carbonyl (C=O) groups is 2. The lowest BCUT2D eigenvalue weighted by Gasteiger charge is -2.27. The van der Waals surface area contributed by atoms with Crippen molar-refractivity contribution in [3.63, 3.8) is 0 Å². The molecule has 0 saturated carbocycles. The lowest BCUT2D eigenvalue weighted by atomic mass is 10.1. The minimum atomic E-state index is -0.765. The third kappa shape index (κ3) is 5.79. The first-order valence-corrected chi connectivity index (χ1v) is 10.6. The molecule has 6 heteroatoms. The van der Waals surface area contributed by atoms with Gasteiger partial charge in [0.2, 0.25) is 0 Å². The molecule has 0 bridgehead atoms. The average molecular weight is 388 g/mol. The molecule has 2 heterocycles. The van der Waals surface area contributed by atoms with E-state index in [1.165, 1.54) is 12.0 Å². The zero-order chi connectivity index (χ0) is 19.9. The molecule has 0 aliphatic carbocycles. The van der Waals surface area contributed by atoms with Crippen LogP contribution in [0.25, 0.3) is 0 Å². The minimum absolute atomic E-state index is 0.103. The van der Waals surface area contributed by atoms with Gasteiger partial charge in [-0.3, -0.25) is 19.4 Å². The van der Waals surface area contributed by atoms with E-state index < -0.39 is 5.97 Å². The number of carboxylic acids is 1. The molecule has 2 fully saturated rings. The summed E-state index contributed by atoms with van der Waals surface area (Å²) in [5.41, 5.74) is 1.98. The predicted octanol–water partition coefficient (Wildman–Crippen LogP) is 2.68. The first-order chi connectivity index (χ1) is 13.5. The topological polar surface area (TPSA) is 64.1 Å². The molecule has 3 rings (SSSR count). The fraction of sp³-hybridized carbons (Fsp3) is 0.636. The van der Waals surface area contributed by atoms with Crippen molar-refractivity contribution in [3.05, 3.63) is 35.4 Å². The van der Waals surface area contributed by atoms with E-state index in [4.69, 9.17) is 5.11 Å². The van der Waals surface area contributed by atoms with Crippen LogP contribution < -0.4 is 0 Å². The number of benzene rings is 1. The molecule has 2 aliphatic heterocycles. The van der Waals surface area contributed by atoms with Crippen LogP contribution in [-0.2, 0) is 11.3 Å². The van der Waals surface area contributed by atoms with Gasteiger partial charge in [0.1, 0.15) is 0 Å². The summed E-state index contributed by atoms with van der Waals surface area (Å²) in [5.74, 6) is -0.605. The lowest BCUT2D eigenvalue weighted by Crippen LogP contribution is -2.36. The van der Waals surface area contributed by atoms with Crippen molar-refractivity contribution in [3.8, 4) is 0 Å². The van der Waals surface area contributed by atoms with Gasteiger partial charge in [-0.2, -0.15) is 0 Å². The number of aliphatic carboxylic acids is 1. The minimum Gasteiger partial charge on any atom is -0.480 e. The molecule has 1 atom stereocenters. The van der Waals surface area contributed by atoms with Crippen molar-refractivity contribution in [2.75, 3.05) is 39.8 Å². The van der Waals surface area contributed by atoms with Crippen LogP contribution >= 0.6 is 0 Å². The highest BCUT2D eigenvalue weighted by atomic mass is 16.4. The van der Waals surface area contributed by atoms with E-state index in [2.05, 4.69) is 17.0 Å². The number of piperidine rings is 1. The van der Waals surface area contributed by atoms with Crippen LogP contribution in [-0.4, -0.2) is 77.5 Å². The van der Waals surface area contributed by atoms with Gasteiger partial charge in [-0.25, -0.2) is 0 Å². The zero-order valence-electron chi connectivity index (χ0n) is 17.0. The Morgan fingerprint density at radius 2 is 1.86 bits per heavy atom. The van der Waals surface area contributed by atoms with Crippen LogP contribution in [0.1, 0.15) is 54.4 Å². The van der Waals surface area contributed by atoms with Gasteiger partial charge in [-0.1, -0.05) is 12.1 Å². The maximum Gasteiger partial charge on any atom is 0.317 e. The van der Waals surface area contributed by atoms with E-state index in [1.54, 1.807) is 0 Å². The number of likely N-dealkylation sites (tertiary alicyclic amines) is 2. The second-order valence-electron chi connectivity index (χ2n) is 8.22. The molecule has 1 N–H and O–H groups in total. The zero-order valence-corrected chi connectivity index (χ0v) is 17.0. The molecule has 1 aromatic carbocycles. The summed E-state index contributed by atoms with van der Waals surface area (Å²) in [7, 11) is 1.91. The summed E-state index contributed by atoms with van der Waals surface area (Å²) in [5, 5.41) is 9.01. The van der Waals surface area contributed by atoms with Crippen LogP contribution in [0.3, 0.4) is 0 Å². The van der Waals surface area contributed by atoms with E-state index in [-0.39, 0.29) is 12.5 Å². The Labute approximate surface area is 168 Å². The number of hydrogen-bond acceptors (Lipinski definition) is 4. The van der Waals surface area contributed by atoms with Gasteiger partial charge in [-0.05, 0) is 76.4 Å². The molecular formula is C22H33N3O3. The van der Waals surface area contributed by atoms with Crippen molar-refractivity contribution >= 4 is 11.9 Å². The van der Waals surface area contributed by atoms with Crippen molar-refractivity contribution in [1.82, 2.24) is 14.7 Å². The molecule has 1 aromatic rings. The second-order valence-corrected chi connectivity index (χ2v) is 8.22. The Morgan fingerprint density at radius 1 is 1.07 bits per heavy atom. The third-order valence-electron chi connectivity index (χ3n) is 6.02. The summed E-state index contributed by atoms with van der Waals surface area (Å²) in [4.78, 5) is 30.1. The monoisotopic (exact) mass is 387 g/mol. The largest absolute Gasteiger partial charge is 0.480 e. The standard InChI is InChI=1S/C22H33N3O3/c1-23(17-21(26)27)20-9-6-11-24(14-10-20)16-18-7-5-8-19(15-18)22(28)25-12-3-2-4-13-25/h5,7-8,15,20H,2-4,6,9-14,16-17H2,1H3,(H,26,27). The number of rotatable bonds is 6. The molecule has 154 valence electrons. The van der Waals surface area contributed by atoms with Crippen LogP contribution in [0.2, 0.25) is 0 Å². The van der Waals surface area contributed by atoms with Crippen LogP contribution in [0.15, 0.2) is 24.3 Å². The van der Waals surface area contributed by atoms with Crippen LogP contribution in [0.5, 0.6) is 0 Å². The van der Waals surface area contributed by atoms with E-state index >= 15 is 0 Å². The molecule has 2 saturated heterocycles. The van der Waals surface area contributed by atoms with Gasteiger partial charge in [-0.15, -0.1) is 0 Å². The molecule has 0 radical (unpaired) electrons. The maximum atomic E-state index is 12.8. The highest BCUT2D eigenvalue weighted by Gasteiger charge is 2.22. The van der Waals surface area contributed by atoms with Crippen LogP contribution in [0, 0.1) is 0 Å². The first kappa shape index (κ1) is 20.8. The number of carbonyl (C=O) groups excluding carboxylic acids is 1. The number of nitrogens with zero attached hydrogens (tertiary/aromatic N) is 3. The van der Waals surface area contributed by atoms with E-state index in [9.17, 15) is 9.59 Å². The van der Waals surface area contributed by atoms with Gasteiger partial charge in [0.25, 0.3) is 5.91 Å². The van der Waals surface area contributed by atoms with Crippen molar-refractivity contribution < 1.29 is 14.7 Å².